The van der Waals surface area contributed by atoms with E-state index in [0.717, 1.165) is 18.4 Å². The van der Waals surface area contributed by atoms with Crippen molar-refractivity contribution in [3.8, 4) is 0 Å². The predicted molar refractivity (Wildman–Crippen MR) is 43.1 cm³/mol. The lowest BCUT2D eigenvalue weighted by Crippen LogP contribution is -1.90. The lowest BCUT2D eigenvalue weighted by Gasteiger charge is -2.04. The summed E-state index contributed by atoms with van der Waals surface area (Å²) in [4.78, 5) is 0. The summed E-state index contributed by atoms with van der Waals surface area (Å²) in [6, 6.07) is 5.38. The van der Waals surface area contributed by atoms with Gasteiger partial charge in [0.1, 0.15) is 5.82 Å². The second-order valence-corrected chi connectivity index (χ2v) is 3.25. The van der Waals surface area contributed by atoms with E-state index in [1.165, 1.54) is 5.56 Å². The Kier molecular flexibility index (Phi) is 1.45. The average Bonchev–Trinajstić information content (AvgIpc) is 2.34. The molecule has 0 unspecified atom stereocenters. The van der Waals surface area contributed by atoms with Crippen LogP contribution in [-0.4, -0.2) is 0 Å². The van der Waals surface area contributed by atoms with E-state index in [-0.39, 0.29) is 5.82 Å². The van der Waals surface area contributed by atoms with Crippen molar-refractivity contribution in [1.82, 2.24) is 0 Å². The van der Waals surface area contributed by atoms with Crippen molar-refractivity contribution in [1.29, 1.82) is 0 Å². The Hall–Kier alpha value is -0.850. The SMILES string of the molecule is C[C@H]1CCc2cccc(F)c21. The highest BCUT2D eigenvalue weighted by molar-refractivity contribution is 5.35. The summed E-state index contributed by atoms with van der Waals surface area (Å²) < 4.78 is 13.1. The van der Waals surface area contributed by atoms with Crippen molar-refractivity contribution in [3.05, 3.63) is 35.1 Å². The monoisotopic (exact) mass is 150 g/mol. The van der Waals surface area contributed by atoms with Gasteiger partial charge in [-0.15, -0.1) is 0 Å². The van der Waals surface area contributed by atoms with E-state index < -0.39 is 0 Å². The smallest absolute Gasteiger partial charge is 0.126 e. The van der Waals surface area contributed by atoms with Gasteiger partial charge in [-0.25, -0.2) is 4.39 Å². The summed E-state index contributed by atoms with van der Waals surface area (Å²) in [6.45, 7) is 2.09. The predicted octanol–water partition coefficient (Wildman–Crippen LogP) is 2.88. The van der Waals surface area contributed by atoms with Gasteiger partial charge >= 0.3 is 0 Å². The molecular formula is C10H11F. The molecule has 0 N–H and O–H groups in total. The van der Waals surface area contributed by atoms with Crippen molar-refractivity contribution < 1.29 is 4.39 Å². The molecule has 0 radical (unpaired) electrons. The van der Waals surface area contributed by atoms with E-state index in [0.29, 0.717) is 5.92 Å². The van der Waals surface area contributed by atoms with Gasteiger partial charge in [0.25, 0.3) is 0 Å². The molecule has 58 valence electrons. The molecule has 1 aliphatic carbocycles. The number of aryl methyl sites for hydroxylation is 1. The molecule has 0 spiro atoms. The fraction of sp³-hybridized carbons (Fsp3) is 0.400. The molecule has 0 heterocycles. The Morgan fingerprint density at radius 2 is 2.27 bits per heavy atom. The van der Waals surface area contributed by atoms with Crippen LogP contribution in [0.1, 0.15) is 30.4 Å². The quantitative estimate of drug-likeness (QED) is 0.533. The second kappa shape index (κ2) is 2.33. The second-order valence-electron chi connectivity index (χ2n) is 3.25. The summed E-state index contributed by atoms with van der Waals surface area (Å²) >= 11 is 0. The Balaban J connectivity index is 2.58. The van der Waals surface area contributed by atoms with Gasteiger partial charge in [-0.2, -0.15) is 0 Å². The first-order valence-electron chi connectivity index (χ1n) is 4.06. The summed E-state index contributed by atoms with van der Waals surface area (Å²) in [6.07, 6.45) is 2.16. The minimum absolute atomic E-state index is 0.0208. The molecule has 0 nitrogen and oxygen atoms in total. The lowest BCUT2D eigenvalue weighted by molar-refractivity contribution is 0.595. The topological polar surface area (TPSA) is 0 Å². The molecule has 11 heavy (non-hydrogen) atoms. The van der Waals surface area contributed by atoms with Gasteiger partial charge in [0.15, 0.2) is 0 Å². The van der Waals surface area contributed by atoms with Gasteiger partial charge in [0.05, 0.1) is 0 Å². The van der Waals surface area contributed by atoms with Crippen LogP contribution >= 0.6 is 0 Å². The van der Waals surface area contributed by atoms with E-state index in [4.69, 9.17) is 0 Å². The summed E-state index contributed by atoms with van der Waals surface area (Å²) in [7, 11) is 0. The molecule has 1 heteroatoms. The zero-order valence-corrected chi connectivity index (χ0v) is 6.60. The van der Waals surface area contributed by atoms with Gasteiger partial charge < -0.3 is 0 Å². The van der Waals surface area contributed by atoms with E-state index in [2.05, 4.69) is 6.92 Å². The standard InChI is InChI=1S/C10H11F/c1-7-5-6-8-3-2-4-9(11)10(7)8/h2-4,7H,5-6H2,1H3/t7-/m0/s1. The van der Waals surface area contributed by atoms with Crippen LogP contribution in [0.3, 0.4) is 0 Å². The highest BCUT2D eigenvalue weighted by Gasteiger charge is 2.21. The van der Waals surface area contributed by atoms with Crippen LogP contribution in [0.5, 0.6) is 0 Å². The Morgan fingerprint density at radius 3 is 3.00 bits per heavy atom. The lowest BCUT2D eigenvalue weighted by atomic mass is 10.0. The highest BCUT2D eigenvalue weighted by Crippen LogP contribution is 2.33. The Morgan fingerprint density at radius 1 is 1.45 bits per heavy atom. The first-order valence-corrected chi connectivity index (χ1v) is 4.06. The number of fused-ring (bicyclic) bond motifs is 1. The van der Waals surface area contributed by atoms with Crippen LogP contribution in [0.25, 0.3) is 0 Å². The zero-order chi connectivity index (χ0) is 7.84. The third-order valence-corrected chi connectivity index (χ3v) is 2.48. The van der Waals surface area contributed by atoms with Crippen LogP contribution in [0, 0.1) is 5.82 Å². The van der Waals surface area contributed by atoms with E-state index in [1.54, 1.807) is 12.1 Å². The Bertz CT molecular complexity index is 278. The molecule has 2 rings (SSSR count). The molecule has 1 atom stereocenters. The Labute approximate surface area is 66.1 Å². The largest absolute Gasteiger partial charge is 0.207 e. The number of rotatable bonds is 0. The minimum atomic E-state index is -0.0208. The molecule has 1 aromatic rings. The summed E-state index contributed by atoms with van der Waals surface area (Å²) in [5.41, 5.74) is 2.16. The maximum atomic E-state index is 13.1. The molecule has 1 aliphatic rings. The van der Waals surface area contributed by atoms with Crippen LogP contribution in [0.4, 0.5) is 4.39 Å². The van der Waals surface area contributed by atoms with Crippen LogP contribution in [0.2, 0.25) is 0 Å². The third-order valence-electron chi connectivity index (χ3n) is 2.48. The molecule has 0 amide bonds. The normalized spacial score (nSPS) is 21.8. The number of hydrogen-bond donors (Lipinski definition) is 0. The first-order chi connectivity index (χ1) is 5.29. The molecule has 1 aromatic carbocycles. The van der Waals surface area contributed by atoms with Crippen LogP contribution in [0.15, 0.2) is 18.2 Å². The average molecular weight is 150 g/mol. The third kappa shape index (κ3) is 0.953. The summed E-state index contributed by atoms with van der Waals surface area (Å²) in [5.74, 6) is 0.402. The number of benzene rings is 1. The molecule has 0 fully saturated rings. The van der Waals surface area contributed by atoms with Gasteiger partial charge in [0, 0.05) is 0 Å². The van der Waals surface area contributed by atoms with Gasteiger partial charge in [-0.1, -0.05) is 19.1 Å². The van der Waals surface area contributed by atoms with E-state index in [1.807, 2.05) is 6.07 Å². The zero-order valence-electron chi connectivity index (χ0n) is 6.60. The fourth-order valence-corrected chi connectivity index (χ4v) is 1.87. The minimum Gasteiger partial charge on any atom is -0.207 e. The van der Waals surface area contributed by atoms with E-state index >= 15 is 0 Å². The fourth-order valence-electron chi connectivity index (χ4n) is 1.87. The number of hydrogen-bond acceptors (Lipinski definition) is 0. The highest BCUT2D eigenvalue weighted by atomic mass is 19.1. The van der Waals surface area contributed by atoms with Crippen LogP contribution in [-0.2, 0) is 6.42 Å². The molecule has 0 bridgehead atoms. The van der Waals surface area contributed by atoms with Gasteiger partial charge in [-0.3, -0.25) is 0 Å². The maximum Gasteiger partial charge on any atom is 0.126 e. The first kappa shape index (κ1) is 6.84. The van der Waals surface area contributed by atoms with E-state index in [9.17, 15) is 4.39 Å². The molecular weight excluding hydrogens is 139 g/mol. The van der Waals surface area contributed by atoms with Gasteiger partial charge in [-0.05, 0) is 36.0 Å². The van der Waals surface area contributed by atoms with Gasteiger partial charge in [0.2, 0.25) is 0 Å². The van der Waals surface area contributed by atoms with Crippen molar-refractivity contribution in [3.63, 3.8) is 0 Å². The molecule has 0 aliphatic heterocycles. The van der Waals surface area contributed by atoms with Crippen LogP contribution < -0.4 is 0 Å². The van der Waals surface area contributed by atoms with Crippen molar-refractivity contribution in [2.45, 2.75) is 25.7 Å². The number of halogens is 1. The van der Waals surface area contributed by atoms with Crippen molar-refractivity contribution in [2.75, 3.05) is 0 Å². The molecule has 0 saturated heterocycles. The maximum absolute atomic E-state index is 13.1. The molecule has 0 aromatic heterocycles. The summed E-state index contributed by atoms with van der Waals surface area (Å²) in [5, 5.41) is 0. The molecule has 0 saturated carbocycles. The van der Waals surface area contributed by atoms with Crippen molar-refractivity contribution >= 4 is 0 Å². The van der Waals surface area contributed by atoms with Crippen molar-refractivity contribution in [2.24, 2.45) is 0 Å².